The summed E-state index contributed by atoms with van der Waals surface area (Å²) < 4.78 is 33.0. The first-order chi connectivity index (χ1) is 32.3. The molecule has 10 heteroatoms. The molecule has 0 aromatic heterocycles. The van der Waals surface area contributed by atoms with Crippen molar-refractivity contribution in [3.63, 3.8) is 0 Å². The first kappa shape index (κ1) is 64.0. The molecule has 66 heavy (non-hydrogen) atoms. The quantitative estimate of drug-likeness (QED) is 0.0264. The molecule has 3 N–H and O–H groups in total. The second-order valence-corrected chi connectivity index (χ2v) is 19.9. The number of phosphoric acid groups is 1. The van der Waals surface area contributed by atoms with Crippen molar-refractivity contribution in [1.29, 1.82) is 0 Å². The van der Waals surface area contributed by atoms with Crippen LogP contribution in [0.4, 0.5) is 0 Å². The molecule has 0 aliphatic rings. The van der Waals surface area contributed by atoms with Gasteiger partial charge in [0.15, 0.2) is 6.10 Å². The monoisotopic (exact) mass is 950 g/mol. The van der Waals surface area contributed by atoms with E-state index in [1.165, 1.54) is 161 Å². The predicted molar refractivity (Wildman–Crippen MR) is 280 cm³/mol. The van der Waals surface area contributed by atoms with Crippen LogP contribution in [0.3, 0.4) is 0 Å². The van der Waals surface area contributed by atoms with Crippen molar-refractivity contribution in [3.05, 3.63) is 48.6 Å². The maximum Gasteiger partial charge on any atom is 0.472 e. The van der Waals surface area contributed by atoms with E-state index in [2.05, 4.69) is 62.5 Å². The number of esters is 2. The third kappa shape index (κ3) is 51.4. The van der Waals surface area contributed by atoms with Crippen LogP contribution in [0.1, 0.15) is 264 Å². The van der Waals surface area contributed by atoms with E-state index < -0.39 is 26.5 Å². The fourth-order valence-corrected chi connectivity index (χ4v) is 8.69. The molecular formula is C56H104NO8P. The van der Waals surface area contributed by atoms with Crippen molar-refractivity contribution in [1.82, 2.24) is 0 Å². The number of hydrogen-bond acceptors (Lipinski definition) is 8. The average molecular weight is 950 g/mol. The van der Waals surface area contributed by atoms with Crippen LogP contribution in [0.25, 0.3) is 0 Å². The number of carbonyl (C=O) groups excluding carboxylic acids is 2. The van der Waals surface area contributed by atoms with Crippen LogP contribution in [0.15, 0.2) is 48.6 Å². The van der Waals surface area contributed by atoms with Crippen LogP contribution in [0.5, 0.6) is 0 Å². The van der Waals surface area contributed by atoms with Crippen molar-refractivity contribution in [3.8, 4) is 0 Å². The highest BCUT2D eigenvalue weighted by molar-refractivity contribution is 7.47. The lowest BCUT2D eigenvalue weighted by Crippen LogP contribution is -2.29. The Bertz CT molecular complexity index is 1220. The van der Waals surface area contributed by atoms with Gasteiger partial charge in [-0.1, -0.05) is 249 Å². The van der Waals surface area contributed by atoms with E-state index in [-0.39, 0.29) is 38.6 Å². The molecule has 0 rings (SSSR count). The second kappa shape index (κ2) is 52.3. The third-order valence-electron chi connectivity index (χ3n) is 12.0. The first-order valence-electron chi connectivity index (χ1n) is 27.6. The lowest BCUT2D eigenvalue weighted by molar-refractivity contribution is -0.161. The molecule has 0 bridgehead atoms. The van der Waals surface area contributed by atoms with Gasteiger partial charge >= 0.3 is 19.8 Å². The summed E-state index contributed by atoms with van der Waals surface area (Å²) in [4.78, 5) is 35.1. The summed E-state index contributed by atoms with van der Waals surface area (Å²) in [5.41, 5.74) is 5.38. The molecular weight excluding hydrogens is 846 g/mol. The van der Waals surface area contributed by atoms with Gasteiger partial charge in [0.25, 0.3) is 0 Å². The Morgan fingerprint density at radius 3 is 1.24 bits per heavy atom. The summed E-state index contributed by atoms with van der Waals surface area (Å²) in [5.74, 6) is -0.822. The molecule has 386 valence electrons. The minimum Gasteiger partial charge on any atom is -0.462 e. The molecule has 0 heterocycles. The van der Waals surface area contributed by atoms with E-state index in [4.69, 9.17) is 24.3 Å². The summed E-state index contributed by atoms with van der Waals surface area (Å²) >= 11 is 0. The molecule has 9 nitrogen and oxygen atoms in total. The highest BCUT2D eigenvalue weighted by Crippen LogP contribution is 2.43. The van der Waals surface area contributed by atoms with Crippen molar-refractivity contribution in [2.45, 2.75) is 270 Å². The molecule has 0 saturated heterocycles. The van der Waals surface area contributed by atoms with Crippen LogP contribution in [0.2, 0.25) is 0 Å². The van der Waals surface area contributed by atoms with E-state index in [9.17, 15) is 19.0 Å². The summed E-state index contributed by atoms with van der Waals surface area (Å²) in [6.45, 7) is 3.67. The standard InChI is InChI=1S/C56H104NO8P/c1-3-5-7-9-11-13-15-17-19-21-23-25-27-29-31-33-35-37-39-41-43-45-47-49-56(59)65-54(53-64-66(60,61)63-51-50-57)52-62-55(58)48-46-44-42-40-38-36-34-32-30-28-26-24-22-20-18-16-14-12-10-8-6-4-2/h5,7,11,13,17,19,23,25,54H,3-4,6,8-10,12,14-16,18,20-22,24,26-53,57H2,1-2H3,(H,60,61)/b7-5-,13-11-,19-17-,25-23-. The maximum atomic E-state index is 12.7. The fourth-order valence-electron chi connectivity index (χ4n) is 7.92. The number of unbranched alkanes of at least 4 members (excludes halogenated alkanes) is 31. The summed E-state index contributed by atoms with van der Waals surface area (Å²) in [7, 11) is -4.39. The van der Waals surface area contributed by atoms with Crippen LogP contribution >= 0.6 is 7.82 Å². The Morgan fingerprint density at radius 2 is 0.833 bits per heavy atom. The number of hydrogen-bond donors (Lipinski definition) is 2. The number of allylic oxidation sites excluding steroid dienone is 8. The zero-order valence-electron chi connectivity index (χ0n) is 42.9. The number of nitrogens with two attached hydrogens (primary N) is 1. The van der Waals surface area contributed by atoms with Gasteiger partial charge in [-0.2, -0.15) is 0 Å². The van der Waals surface area contributed by atoms with E-state index in [1.807, 2.05) is 0 Å². The molecule has 0 aromatic carbocycles. The minimum absolute atomic E-state index is 0.0528. The lowest BCUT2D eigenvalue weighted by Gasteiger charge is -2.19. The topological polar surface area (TPSA) is 134 Å². The maximum absolute atomic E-state index is 12.7. The van der Waals surface area contributed by atoms with Gasteiger partial charge in [-0.05, 0) is 51.4 Å². The molecule has 0 radical (unpaired) electrons. The summed E-state index contributed by atoms with van der Waals surface area (Å²) in [5, 5.41) is 0. The second-order valence-electron chi connectivity index (χ2n) is 18.4. The van der Waals surface area contributed by atoms with E-state index in [0.29, 0.717) is 6.42 Å². The van der Waals surface area contributed by atoms with Gasteiger partial charge in [-0.25, -0.2) is 4.57 Å². The third-order valence-corrected chi connectivity index (χ3v) is 13.0. The van der Waals surface area contributed by atoms with Gasteiger partial charge in [0.1, 0.15) is 6.61 Å². The molecule has 0 aliphatic carbocycles. The molecule has 2 atom stereocenters. The average Bonchev–Trinajstić information content (AvgIpc) is 3.31. The predicted octanol–water partition coefficient (Wildman–Crippen LogP) is 17.0. The van der Waals surface area contributed by atoms with Gasteiger partial charge in [-0.3, -0.25) is 18.6 Å². The summed E-state index contributed by atoms with van der Waals surface area (Å²) in [6.07, 6.45) is 63.0. The van der Waals surface area contributed by atoms with Crippen molar-refractivity contribution >= 4 is 19.8 Å². The van der Waals surface area contributed by atoms with Crippen LogP contribution in [-0.2, 0) is 32.7 Å². The molecule has 0 saturated carbocycles. The first-order valence-corrected chi connectivity index (χ1v) is 29.1. The molecule has 0 fully saturated rings. The number of rotatable bonds is 52. The van der Waals surface area contributed by atoms with Gasteiger partial charge in [0.05, 0.1) is 13.2 Å². The fraction of sp³-hybridized carbons (Fsp3) is 0.821. The van der Waals surface area contributed by atoms with E-state index in [1.54, 1.807) is 0 Å². The van der Waals surface area contributed by atoms with Crippen molar-refractivity contribution in [2.75, 3.05) is 26.4 Å². The largest absolute Gasteiger partial charge is 0.472 e. The Hall–Kier alpha value is -2.03. The molecule has 0 amide bonds. The van der Waals surface area contributed by atoms with E-state index in [0.717, 1.165) is 70.6 Å². The minimum atomic E-state index is -4.39. The van der Waals surface area contributed by atoms with Gasteiger partial charge in [0, 0.05) is 19.4 Å². The van der Waals surface area contributed by atoms with Crippen LogP contribution < -0.4 is 5.73 Å². The zero-order valence-corrected chi connectivity index (χ0v) is 43.8. The number of carbonyl (C=O) groups is 2. The highest BCUT2D eigenvalue weighted by Gasteiger charge is 2.26. The number of ether oxygens (including phenoxy) is 2. The van der Waals surface area contributed by atoms with Gasteiger partial charge < -0.3 is 20.1 Å². The van der Waals surface area contributed by atoms with Crippen molar-refractivity contribution < 1.29 is 37.6 Å². The van der Waals surface area contributed by atoms with Gasteiger partial charge in [0.2, 0.25) is 0 Å². The molecule has 0 aromatic rings. The van der Waals surface area contributed by atoms with Crippen LogP contribution in [0, 0.1) is 0 Å². The van der Waals surface area contributed by atoms with Gasteiger partial charge in [-0.15, -0.1) is 0 Å². The molecule has 0 spiro atoms. The Labute approximate surface area is 407 Å². The van der Waals surface area contributed by atoms with Crippen LogP contribution in [-0.4, -0.2) is 49.3 Å². The zero-order chi connectivity index (χ0) is 48.1. The normalized spacial score (nSPS) is 13.5. The lowest BCUT2D eigenvalue weighted by atomic mass is 10.0. The SMILES string of the molecule is CC/C=C\C/C=C\C/C=C\C/C=C\CCCCCCCCCCCCC(=O)OC(COC(=O)CCCCCCCCCCCCCCCCCCCCCCCC)COP(=O)(O)OCCN. The smallest absolute Gasteiger partial charge is 0.462 e. The molecule has 2 unspecified atom stereocenters. The Morgan fingerprint density at radius 1 is 0.470 bits per heavy atom. The van der Waals surface area contributed by atoms with Crippen molar-refractivity contribution in [2.24, 2.45) is 5.73 Å². The highest BCUT2D eigenvalue weighted by atomic mass is 31.2. The molecule has 0 aliphatic heterocycles. The Balaban J connectivity index is 3.99. The number of phosphoric ester groups is 1. The summed E-state index contributed by atoms with van der Waals surface area (Å²) in [6, 6.07) is 0. The Kier molecular flexibility index (Phi) is 50.7. The van der Waals surface area contributed by atoms with E-state index >= 15 is 0 Å².